The quantitative estimate of drug-likeness (QED) is 0.804. The molecule has 1 rings (SSSR count). The Balaban J connectivity index is 2.34. The molecule has 0 spiro atoms. The Bertz CT molecular complexity index is 413. The predicted octanol–water partition coefficient (Wildman–Crippen LogP) is 3.93. The van der Waals surface area contributed by atoms with Crippen LogP contribution in [0.1, 0.15) is 46.1 Å². The van der Waals surface area contributed by atoms with Gasteiger partial charge in [-0.25, -0.2) is 0 Å². The first kappa shape index (κ1) is 15.7. The summed E-state index contributed by atoms with van der Waals surface area (Å²) in [6.07, 6.45) is 3.07. The van der Waals surface area contributed by atoms with Gasteiger partial charge in [0.15, 0.2) is 0 Å². The summed E-state index contributed by atoms with van der Waals surface area (Å²) >= 11 is 0. The Labute approximate surface area is 117 Å². The van der Waals surface area contributed by atoms with Crippen molar-refractivity contribution < 1.29 is 0 Å². The van der Waals surface area contributed by atoms with Crippen LogP contribution >= 0.6 is 0 Å². The summed E-state index contributed by atoms with van der Waals surface area (Å²) in [6, 6.07) is 12.9. The summed E-state index contributed by atoms with van der Waals surface area (Å²) < 4.78 is 0. The Hall–Kier alpha value is -1.33. The van der Waals surface area contributed by atoms with Crippen LogP contribution in [-0.2, 0) is 6.42 Å². The molecule has 0 aromatic heterocycles. The third-order valence-corrected chi connectivity index (χ3v) is 3.54. The monoisotopic (exact) mass is 258 g/mol. The van der Waals surface area contributed by atoms with Crippen LogP contribution in [0, 0.1) is 16.7 Å². The van der Waals surface area contributed by atoms with Crippen LogP contribution in [0.2, 0.25) is 0 Å². The Morgan fingerprint density at radius 1 is 1.05 bits per heavy atom. The van der Waals surface area contributed by atoms with Crippen molar-refractivity contribution in [2.75, 3.05) is 6.54 Å². The first-order valence-electron chi connectivity index (χ1n) is 7.05. The average Bonchev–Trinajstić information content (AvgIpc) is 2.37. The molecule has 0 amide bonds. The fourth-order valence-electron chi connectivity index (χ4n) is 1.96. The van der Waals surface area contributed by atoms with E-state index in [9.17, 15) is 0 Å². The van der Waals surface area contributed by atoms with E-state index in [0.717, 1.165) is 25.8 Å². The van der Waals surface area contributed by atoms with E-state index in [2.05, 4.69) is 55.6 Å². The number of rotatable bonds is 7. The third-order valence-electron chi connectivity index (χ3n) is 3.54. The molecule has 1 aromatic carbocycles. The average molecular weight is 258 g/mol. The minimum atomic E-state index is -0.234. The zero-order valence-electron chi connectivity index (χ0n) is 12.7. The van der Waals surface area contributed by atoms with Gasteiger partial charge < -0.3 is 5.32 Å². The van der Waals surface area contributed by atoms with Gasteiger partial charge in [0.25, 0.3) is 0 Å². The number of benzene rings is 1. The van der Waals surface area contributed by atoms with E-state index >= 15 is 0 Å². The minimum Gasteiger partial charge on any atom is -0.312 e. The molecule has 2 nitrogen and oxygen atoms in total. The fourth-order valence-corrected chi connectivity index (χ4v) is 1.96. The summed E-state index contributed by atoms with van der Waals surface area (Å²) in [5.41, 5.74) is 1.26. The van der Waals surface area contributed by atoms with Gasteiger partial charge in [-0.2, -0.15) is 5.26 Å². The van der Waals surface area contributed by atoms with Crippen LogP contribution in [0.15, 0.2) is 30.3 Å². The standard InChI is InChI=1S/C17H26N2/c1-16(2,14-18)12-13-19-17(3,4)11-10-15-8-6-5-7-9-15/h5-9,19H,10-13H2,1-4H3. The van der Waals surface area contributed by atoms with Crippen LogP contribution in [0.5, 0.6) is 0 Å². The maximum Gasteiger partial charge on any atom is 0.0684 e. The van der Waals surface area contributed by atoms with Crippen LogP contribution < -0.4 is 5.32 Å². The number of nitrogens with zero attached hydrogens (tertiary/aromatic N) is 1. The van der Waals surface area contributed by atoms with Gasteiger partial charge in [-0.3, -0.25) is 0 Å². The smallest absolute Gasteiger partial charge is 0.0684 e. The third kappa shape index (κ3) is 6.40. The Kier molecular flexibility index (Phi) is 5.57. The largest absolute Gasteiger partial charge is 0.312 e. The van der Waals surface area contributed by atoms with Crippen molar-refractivity contribution in [2.45, 2.75) is 52.5 Å². The fraction of sp³-hybridized carbons (Fsp3) is 0.588. The molecule has 1 aromatic rings. The number of nitriles is 1. The number of nitrogens with one attached hydrogen (secondary N) is 1. The van der Waals surface area contributed by atoms with Crippen LogP contribution in [0.3, 0.4) is 0 Å². The van der Waals surface area contributed by atoms with E-state index in [0.29, 0.717) is 0 Å². The zero-order chi connectivity index (χ0) is 14.4. The van der Waals surface area contributed by atoms with Gasteiger partial charge in [0.2, 0.25) is 0 Å². The zero-order valence-corrected chi connectivity index (χ0v) is 12.7. The Morgan fingerprint density at radius 2 is 1.68 bits per heavy atom. The lowest BCUT2D eigenvalue weighted by molar-refractivity contribution is 0.331. The lowest BCUT2D eigenvalue weighted by Crippen LogP contribution is -2.41. The molecule has 0 aliphatic rings. The molecule has 0 saturated heterocycles. The molecule has 0 aliphatic heterocycles. The molecule has 0 bridgehead atoms. The molecular weight excluding hydrogens is 232 g/mol. The molecule has 0 unspecified atom stereocenters. The molecule has 2 heteroatoms. The van der Waals surface area contributed by atoms with Gasteiger partial charge in [0.1, 0.15) is 0 Å². The maximum atomic E-state index is 9.00. The molecule has 0 saturated carbocycles. The van der Waals surface area contributed by atoms with E-state index in [4.69, 9.17) is 5.26 Å². The summed E-state index contributed by atoms with van der Waals surface area (Å²) in [7, 11) is 0. The van der Waals surface area contributed by atoms with E-state index < -0.39 is 0 Å². The highest BCUT2D eigenvalue weighted by Crippen LogP contribution is 2.19. The van der Waals surface area contributed by atoms with E-state index in [-0.39, 0.29) is 11.0 Å². The highest BCUT2D eigenvalue weighted by molar-refractivity contribution is 5.15. The van der Waals surface area contributed by atoms with E-state index in [1.807, 2.05) is 13.8 Å². The molecule has 0 atom stereocenters. The van der Waals surface area contributed by atoms with Crippen LogP contribution in [-0.4, -0.2) is 12.1 Å². The van der Waals surface area contributed by atoms with Crippen molar-refractivity contribution >= 4 is 0 Å². The SMILES string of the molecule is CC(C)(C#N)CCNC(C)(C)CCc1ccccc1. The Morgan fingerprint density at radius 3 is 2.26 bits per heavy atom. The van der Waals surface area contributed by atoms with Crippen molar-refractivity contribution in [3.63, 3.8) is 0 Å². The lowest BCUT2D eigenvalue weighted by Gasteiger charge is -2.28. The van der Waals surface area contributed by atoms with Crippen molar-refractivity contribution in [3.8, 4) is 6.07 Å². The van der Waals surface area contributed by atoms with Gasteiger partial charge in [0.05, 0.1) is 11.5 Å². The second-order valence-electron chi connectivity index (χ2n) is 6.54. The van der Waals surface area contributed by atoms with Gasteiger partial charge >= 0.3 is 0 Å². The molecule has 19 heavy (non-hydrogen) atoms. The minimum absolute atomic E-state index is 0.112. The topological polar surface area (TPSA) is 35.8 Å². The molecule has 0 fully saturated rings. The van der Waals surface area contributed by atoms with Crippen molar-refractivity contribution in [1.82, 2.24) is 5.32 Å². The van der Waals surface area contributed by atoms with Crippen LogP contribution in [0.4, 0.5) is 0 Å². The van der Waals surface area contributed by atoms with Gasteiger partial charge in [-0.15, -0.1) is 0 Å². The van der Waals surface area contributed by atoms with E-state index in [1.54, 1.807) is 0 Å². The first-order valence-corrected chi connectivity index (χ1v) is 7.05. The molecule has 0 radical (unpaired) electrons. The van der Waals surface area contributed by atoms with Crippen LogP contribution in [0.25, 0.3) is 0 Å². The summed E-state index contributed by atoms with van der Waals surface area (Å²) in [6.45, 7) is 9.34. The number of hydrogen-bond donors (Lipinski definition) is 1. The normalized spacial score (nSPS) is 12.2. The molecular formula is C17H26N2. The predicted molar refractivity (Wildman–Crippen MR) is 80.9 cm³/mol. The summed E-state index contributed by atoms with van der Waals surface area (Å²) in [4.78, 5) is 0. The van der Waals surface area contributed by atoms with Gasteiger partial charge in [0, 0.05) is 5.54 Å². The molecule has 0 aliphatic carbocycles. The second kappa shape index (κ2) is 6.73. The molecule has 1 N–H and O–H groups in total. The summed E-state index contributed by atoms with van der Waals surface area (Å²) in [5, 5.41) is 12.6. The second-order valence-corrected chi connectivity index (χ2v) is 6.54. The van der Waals surface area contributed by atoms with Crippen molar-refractivity contribution in [1.29, 1.82) is 5.26 Å². The first-order chi connectivity index (χ1) is 8.85. The van der Waals surface area contributed by atoms with E-state index in [1.165, 1.54) is 5.56 Å². The highest BCUT2D eigenvalue weighted by atomic mass is 14.9. The van der Waals surface area contributed by atoms with Gasteiger partial charge in [-0.05, 0) is 59.1 Å². The van der Waals surface area contributed by atoms with Gasteiger partial charge in [-0.1, -0.05) is 30.3 Å². The van der Waals surface area contributed by atoms with Crippen molar-refractivity contribution in [2.24, 2.45) is 5.41 Å². The molecule has 104 valence electrons. The lowest BCUT2D eigenvalue weighted by atomic mass is 9.90. The summed E-state index contributed by atoms with van der Waals surface area (Å²) in [5.74, 6) is 0. The number of hydrogen-bond acceptors (Lipinski definition) is 2. The number of aryl methyl sites for hydroxylation is 1. The highest BCUT2D eigenvalue weighted by Gasteiger charge is 2.20. The maximum absolute atomic E-state index is 9.00. The van der Waals surface area contributed by atoms with Crippen molar-refractivity contribution in [3.05, 3.63) is 35.9 Å². The molecule has 0 heterocycles.